The van der Waals surface area contributed by atoms with Crippen LogP contribution in [0.25, 0.3) is 0 Å². The molecule has 3 aliphatic heterocycles. The Kier molecular flexibility index (Phi) is 11.5. The van der Waals surface area contributed by atoms with Gasteiger partial charge >= 0.3 is 0 Å². The minimum Gasteiger partial charge on any atom is -0.394 e. The van der Waals surface area contributed by atoms with Gasteiger partial charge in [0.2, 0.25) is 0 Å². The summed E-state index contributed by atoms with van der Waals surface area (Å²) in [6, 6.07) is 0. The Morgan fingerprint density at radius 2 is 1.36 bits per heavy atom. The molecular weight excluding hydrogens is 692 g/mol. The molecule has 9 N–H and O–H groups in total. The second kappa shape index (κ2) is 15.0. The normalized spacial score (nSPS) is 56.8. The van der Waals surface area contributed by atoms with Gasteiger partial charge < -0.3 is 69.6 Å². The summed E-state index contributed by atoms with van der Waals surface area (Å²) in [5, 5.41) is 96.3. The number of ether oxygens (including phenoxy) is 5. The van der Waals surface area contributed by atoms with Crippen molar-refractivity contribution in [1.82, 2.24) is 0 Å². The van der Waals surface area contributed by atoms with Crippen LogP contribution in [0.15, 0.2) is 0 Å². The molecule has 53 heavy (non-hydrogen) atoms. The number of aliphatic hydroxyl groups excluding tert-OH is 8. The van der Waals surface area contributed by atoms with Crippen molar-refractivity contribution in [1.29, 1.82) is 0 Å². The van der Waals surface area contributed by atoms with Crippen molar-refractivity contribution in [2.45, 2.75) is 178 Å². The molecule has 7 rings (SSSR count). The highest BCUT2D eigenvalue weighted by Gasteiger charge is 2.71. The van der Waals surface area contributed by atoms with Gasteiger partial charge in [0.05, 0.1) is 31.5 Å². The van der Waals surface area contributed by atoms with Gasteiger partial charge in [-0.15, -0.1) is 0 Å². The molecule has 14 heteroatoms. The Labute approximate surface area is 312 Å². The Balaban J connectivity index is 1.04. The summed E-state index contributed by atoms with van der Waals surface area (Å²) in [5.41, 5.74) is -0.117. The van der Waals surface area contributed by atoms with E-state index in [1.165, 1.54) is 0 Å². The molecule has 0 amide bonds. The van der Waals surface area contributed by atoms with Gasteiger partial charge in [0.15, 0.2) is 18.4 Å². The van der Waals surface area contributed by atoms with E-state index in [0.717, 1.165) is 38.5 Å². The zero-order chi connectivity index (χ0) is 38.4. The van der Waals surface area contributed by atoms with Crippen molar-refractivity contribution < 1.29 is 69.6 Å². The van der Waals surface area contributed by atoms with E-state index in [4.69, 9.17) is 23.7 Å². The highest BCUT2D eigenvalue weighted by Crippen LogP contribution is 2.71. The summed E-state index contributed by atoms with van der Waals surface area (Å²) in [7, 11) is 0. The van der Waals surface area contributed by atoms with Gasteiger partial charge in [0, 0.05) is 18.3 Å². The van der Waals surface area contributed by atoms with Gasteiger partial charge in [-0.3, -0.25) is 0 Å². The lowest BCUT2D eigenvalue weighted by molar-refractivity contribution is -0.373. The van der Waals surface area contributed by atoms with Crippen LogP contribution < -0.4 is 0 Å². The Morgan fingerprint density at radius 1 is 0.717 bits per heavy atom. The fraction of sp³-hybridized carbons (Fsp3) is 1.00. The maximum Gasteiger partial charge on any atom is 0.187 e. The van der Waals surface area contributed by atoms with E-state index in [9.17, 15) is 46.0 Å². The average Bonchev–Trinajstić information content (AvgIpc) is 3.52. The summed E-state index contributed by atoms with van der Waals surface area (Å²) >= 11 is 0. The van der Waals surface area contributed by atoms with Gasteiger partial charge in [-0.1, -0.05) is 34.6 Å². The fourth-order valence-electron chi connectivity index (χ4n) is 12.7. The maximum atomic E-state index is 12.0. The predicted molar refractivity (Wildman–Crippen MR) is 186 cm³/mol. The zero-order valence-electron chi connectivity index (χ0n) is 31.9. The monoisotopic (exact) mass is 758 g/mol. The van der Waals surface area contributed by atoms with Crippen LogP contribution in [0.4, 0.5) is 0 Å². The molecule has 3 heterocycles. The molecule has 0 spiro atoms. The second-order valence-electron chi connectivity index (χ2n) is 18.8. The highest BCUT2D eigenvalue weighted by atomic mass is 16.8. The summed E-state index contributed by atoms with van der Waals surface area (Å²) < 4.78 is 30.4. The summed E-state index contributed by atoms with van der Waals surface area (Å²) in [6.45, 7) is 9.90. The molecular formula is C39H66O14. The fourth-order valence-corrected chi connectivity index (χ4v) is 12.7. The predicted octanol–water partition coefficient (Wildman–Crippen LogP) is 0.395. The molecule has 7 fully saturated rings. The van der Waals surface area contributed by atoms with Crippen LogP contribution in [-0.2, 0) is 23.7 Å². The van der Waals surface area contributed by atoms with Crippen LogP contribution in [-0.4, -0.2) is 145 Å². The first kappa shape index (κ1) is 40.6. The largest absolute Gasteiger partial charge is 0.394 e. The van der Waals surface area contributed by atoms with Crippen LogP contribution in [0, 0.1) is 52.3 Å². The van der Waals surface area contributed by atoms with E-state index in [2.05, 4.69) is 34.6 Å². The minimum atomic E-state index is -1.74. The maximum absolute atomic E-state index is 12.0. The lowest BCUT2D eigenvalue weighted by atomic mass is 9.44. The van der Waals surface area contributed by atoms with E-state index in [-0.39, 0.29) is 40.8 Å². The first-order chi connectivity index (χ1) is 25.0. The third kappa shape index (κ3) is 6.66. The highest BCUT2D eigenvalue weighted by molar-refractivity contribution is 5.18. The molecule has 7 aliphatic rings. The van der Waals surface area contributed by atoms with Crippen LogP contribution >= 0.6 is 0 Å². The van der Waals surface area contributed by atoms with Crippen LogP contribution in [0.2, 0.25) is 0 Å². The third-order valence-corrected chi connectivity index (χ3v) is 15.7. The molecule has 0 aromatic heterocycles. The first-order valence-electron chi connectivity index (χ1n) is 20.3. The lowest BCUT2D eigenvalue weighted by Crippen LogP contribution is -2.65. The molecule has 0 radical (unpaired) electrons. The summed E-state index contributed by atoms with van der Waals surface area (Å²) in [6.07, 6.45) is -8.50. The molecule has 22 atom stereocenters. The van der Waals surface area contributed by atoms with Gasteiger partial charge in [0.25, 0.3) is 0 Å². The molecule has 0 aromatic rings. The number of aliphatic hydroxyl groups is 9. The Hall–Kier alpha value is -0.560. The lowest BCUT2D eigenvalue weighted by Gasteiger charge is -2.61. The average molecular weight is 759 g/mol. The molecule has 0 bridgehead atoms. The molecule has 4 saturated carbocycles. The van der Waals surface area contributed by atoms with Crippen LogP contribution in [0.1, 0.15) is 92.4 Å². The Morgan fingerprint density at radius 3 is 2.02 bits per heavy atom. The number of rotatable bonds is 9. The van der Waals surface area contributed by atoms with Crippen molar-refractivity contribution in [2.24, 2.45) is 52.3 Å². The number of hydrogen-bond acceptors (Lipinski definition) is 14. The van der Waals surface area contributed by atoms with Crippen molar-refractivity contribution >= 4 is 0 Å². The Bertz CT molecular complexity index is 1270. The van der Waals surface area contributed by atoms with Gasteiger partial charge in [-0.25, -0.2) is 0 Å². The first-order valence-corrected chi connectivity index (χ1v) is 20.3. The van der Waals surface area contributed by atoms with E-state index >= 15 is 0 Å². The summed E-state index contributed by atoms with van der Waals surface area (Å²) in [5.74, 6) is 0.445. The zero-order valence-corrected chi connectivity index (χ0v) is 31.9. The molecule has 306 valence electrons. The van der Waals surface area contributed by atoms with Gasteiger partial charge in [0.1, 0.15) is 48.8 Å². The van der Waals surface area contributed by atoms with E-state index < -0.39 is 86.5 Å². The second-order valence-corrected chi connectivity index (χ2v) is 18.8. The molecule has 10 unspecified atom stereocenters. The van der Waals surface area contributed by atoms with Crippen molar-refractivity contribution in [2.75, 3.05) is 13.2 Å². The third-order valence-electron chi connectivity index (χ3n) is 15.7. The quantitative estimate of drug-likeness (QED) is 0.145. The van der Waals surface area contributed by atoms with Gasteiger partial charge in [-0.05, 0) is 91.8 Å². The van der Waals surface area contributed by atoms with Crippen LogP contribution in [0.5, 0.6) is 0 Å². The van der Waals surface area contributed by atoms with E-state index in [0.29, 0.717) is 42.9 Å². The smallest absolute Gasteiger partial charge is 0.187 e. The molecule has 14 nitrogen and oxygen atoms in total. The summed E-state index contributed by atoms with van der Waals surface area (Å²) in [4.78, 5) is 0. The van der Waals surface area contributed by atoms with Crippen molar-refractivity contribution in [3.8, 4) is 0 Å². The number of hydrogen-bond donors (Lipinski definition) is 9. The number of fused-ring (bicyclic) bond motifs is 7. The molecule has 0 aromatic carbocycles. The minimum absolute atomic E-state index is 0.00892. The molecule has 3 saturated heterocycles. The SMILES string of the molecule is CC(C)CCC1(O)OC2C(O)C3C4CC[C@@H]5C[C@@H](O[C@@H]6O[C@H](CO)[C@@H](O)[C@H](O)[C@H]6O[C@@H]6O[C@H](CO)[C@H](O)[C@H](O)[C@H]6O)CCC5(C)C4CCC3(C)C2C1C. The van der Waals surface area contributed by atoms with Crippen LogP contribution in [0.3, 0.4) is 0 Å². The van der Waals surface area contributed by atoms with Crippen molar-refractivity contribution in [3.05, 3.63) is 0 Å². The molecule has 4 aliphatic carbocycles. The standard InChI is InChI=1S/C39H66O14/c1-17(2)8-13-39(48)18(3)25-33(53-39)29(44)26-21-7-6-19-14-20(9-11-37(19,4)22(21)10-12-38(25,26)5)49-36-34(31(46)28(43)24(16-41)51-36)52-35-32(47)30(45)27(42)23(15-40)50-35/h17-36,40-48H,6-16H2,1-5H3/t18?,19-,20+,21?,22?,23-,24-,25?,26?,27+,28-,29?,30+,31+,32-,33?,34-,35+,36-,37?,38?,39?/m1/s1. The van der Waals surface area contributed by atoms with E-state index in [1.54, 1.807) is 0 Å². The van der Waals surface area contributed by atoms with E-state index in [1.807, 2.05) is 0 Å². The van der Waals surface area contributed by atoms with Gasteiger partial charge in [-0.2, -0.15) is 0 Å². The topological polar surface area (TPSA) is 228 Å². The van der Waals surface area contributed by atoms with Crippen molar-refractivity contribution in [3.63, 3.8) is 0 Å².